The van der Waals surface area contributed by atoms with E-state index in [0.29, 0.717) is 26.2 Å². The van der Waals surface area contributed by atoms with Crippen molar-refractivity contribution in [2.75, 3.05) is 20.3 Å². The molecule has 0 aliphatic rings. The molecule has 3 rings (SSSR count). The molecule has 25 heavy (non-hydrogen) atoms. The van der Waals surface area contributed by atoms with Crippen LogP contribution >= 0.6 is 0 Å². The van der Waals surface area contributed by atoms with Crippen molar-refractivity contribution in [2.45, 2.75) is 13.0 Å². The van der Waals surface area contributed by atoms with Gasteiger partial charge in [-0.1, -0.05) is 30.3 Å². The number of aromatic nitrogens is 1. The van der Waals surface area contributed by atoms with E-state index >= 15 is 0 Å². The van der Waals surface area contributed by atoms with E-state index in [1.807, 2.05) is 54.7 Å². The van der Waals surface area contributed by atoms with Gasteiger partial charge in [-0.25, -0.2) is 0 Å². The van der Waals surface area contributed by atoms with E-state index in [9.17, 15) is 4.79 Å². The lowest BCUT2D eigenvalue weighted by Crippen LogP contribution is -2.28. The van der Waals surface area contributed by atoms with Gasteiger partial charge in [0.15, 0.2) is 0 Å². The van der Waals surface area contributed by atoms with Gasteiger partial charge in [0, 0.05) is 30.8 Å². The minimum atomic E-state index is -0.0199. The van der Waals surface area contributed by atoms with Crippen molar-refractivity contribution in [3.8, 4) is 5.75 Å². The van der Waals surface area contributed by atoms with Gasteiger partial charge in [0.1, 0.15) is 12.4 Å². The van der Waals surface area contributed by atoms with Crippen LogP contribution in [0.2, 0.25) is 0 Å². The topological polar surface area (TPSA) is 63.3 Å². The van der Waals surface area contributed by atoms with Crippen LogP contribution in [-0.4, -0.2) is 31.2 Å². The molecule has 2 aromatic carbocycles. The fraction of sp³-hybridized carbons (Fsp3) is 0.250. The van der Waals surface area contributed by atoms with Crippen molar-refractivity contribution in [3.63, 3.8) is 0 Å². The van der Waals surface area contributed by atoms with E-state index in [4.69, 9.17) is 9.47 Å². The van der Waals surface area contributed by atoms with Crippen LogP contribution in [0.3, 0.4) is 0 Å². The first kappa shape index (κ1) is 17.0. The van der Waals surface area contributed by atoms with E-state index in [1.54, 1.807) is 7.11 Å². The first-order valence-corrected chi connectivity index (χ1v) is 8.28. The molecule has 0 fully saturated rings. The molecule has 5 heteroatoms. The fourth-order valence-electron chi connectivity index (χ4n) is 2.66. The standard InChI is InChI=1S/C20H22N2O3/c1-24-10-9-21-20(23)11-16-13-22-19-8-7-17(12-18(16)19)25-14-15-5-3-2-4-6-15/h2-8,12-13,22H,9-11,14H2,1H3,(H,21,23). The number of hydrogen-bond donors (Lipinski definition) is 2. The zero-order chi connectivity index (χ0) is 17.5. The second-order valence-corrected chi connectivity index (χ2v) is 5.82. The van der Waals surface area contributed by atoms with Gasteiger partial charge in [-0.05, 0) is 29.3 Å². The smallest absolute Gasteiger partial charge is 0.224 e. The molecule has 0 spiro atoms. The summed E-state index contributed by atoms with van der Waals surface area (Å²) in [5.74, 6) is 0.769. The van der Waals surface area contributed by atoms with Gasteiger partial charge in [0.25, 0.3) is 0 Å². The van der Waals surface area contributed by atoms with E-state index < -0.39 is 0 Å². The first-order chi connectivity index (χ1) is 12.3. The number of amides is 1. The zero-order valence-electron chi connectivity index (χ0n) is 14.2. The van der Waals surface area contributed by atoms with Crippen molar-refractivity contribution < 1.29 is 14.3 Å². The first-order valence-electron chi connectivity index (χ1n) is 8.28. The fourth-order valence-corrected chi connectivity index (χ4v) is 2.66. The molecule has 130 valence electrons. The summed E-state index contributed by atoms with van der Waals surface area (Å²) in [7, 11) is 1.61. The number of carbonyl (C=O) groups excluding carboxylic acids is 1. The van der Waals surface area contributed by atoms with E-state index in [1.165, 1.54) is 0 Å². The lowest BCUT2D eigenvalue weighted by molar-refractivity contribution is -0.120. The molecule has 1 aromatic heterocycles. The minimum Gasteiger partial charge on any atom is -0.489 e. The highest BCUT2D eigenvalue weighted by Crippen LogP contribution is 2.24. The molecule has 0 unspecified atom stereocenters. The average Bonchev–Trinajstić information content (AvgIpc) is 3.03. The Balaban J connectivity index is 1.67. The maximum Gasteiger partial charge on any atom is 0.224 e. The van der Waals surface area contributed by atoms with Gasteiger partial charge in [-0.3, -0.25) is 4.79 Å². The maximum atomic E-state index is 12.0. The quantitative estimate of drug-likeness (QED) is 0.621. The maximum absolute atomic E-state index is 12.0. The van der Waals surface area contributed by atoms with Gasteiger partial charge in [-0.2, -0.15) is 0 Å². The van der Waals surface area contributed by atoms with Crippen LogP contribution in [-0.2, 0) is 22.6 Å². The van der Waals surface area contributed by atoms with Crippen molar-refractivity contribution in [1.82, 2.24) is 10.3 Å². The number of H-pyrrole nitrogens is 1. The third kappa shape index (κ3) is 4.61. The number of rotatable bonds is 8. The van der Waals surface area contributed by atoms with Gasteiger partial charge in [0.05, 0.1) is 13.0 Å². The number of benzene rings is 2. The monoisotopic (exact) mass is 338 g/mol. The molecule has 1 amide bonds. The second kappa shape index (κ2) is 8.35. The Morgan fingerprint density at radius 1 is 1.16 bits per heavy atom. The van der Waals surface area contributed by atoms with Gasteiger partial charge in [0.2, 0.25) is 5.91 Å². The predicted octanol–water partition coefficient (Wildman–Crippen LogP) is 3.05. The predicted molar refractivity (Wildman–Crippen MR) is 97.7 cm³/mol. The van der Waals surface area contributed by atoms with Crippen molar-refractivity contribution in [1.29, 1.82) is 0 Å². The third-order valence-electron chi connectivity index (χ3n) is 3.97. The summed E-state index contributed by atoms with van der Waals surface area (Å²) in [4.78, 5) is 15.2. The molecule has 0 aliphatic carbocycles. The summed E-state index contributed by atoms with van der Waals surface area (Å²) in [6.07, 6.45) is 2.20. The molecular formula is C20H22N2O3. The van der Waals surface area contributed by atoms with E-state index in [0.717, 1.165) is 27.8 Å². The molecule has 0 radical (unpaired) electrons. The molecule has 5 nitrogen and oxygen atoms in total. The number of ether oxygens (including phenoxy) is 2. The van der Waals surface area contributed by atoms with Crippen molar-refractivity contribution in [3.05, 3.63) is 65.9 Å². The number of hydrogen-bond acceptors (Lipinski definition) is 3. The summed E-state index contributed by atoms with van der Waals surface area (Å²) < 4.78 is 10.8. The highest BCUT2D eigenvalue weighted by atomic mass is 16.5. The summed E-state index contributed by atoms with van der Waals surface area (Å²) in [6, 6.07) is 15.9. The van der Waals surface area contributed by atoms with Crippen molar-refractivity contribution >= 4 is 16.8 Å². The molecule has 0 saturated heterocycles. The summed E-state index contributed by atoms with van der Waals surface area (Å²) in [5, 5.41) is 3.85. The Morgan fingerprint density at radius 3 is 2.80 bits per heavy atom. The molecule has 3 aromatic rings. The summed E-state index contributed by atoms with van der Waals surface area (Å²) in [5.41, 5.74) is 3.07. The number of aromatic amines is 1. The number of carbonyl (C=O) groups is 1. The Labute approximate surface area is 147 Å². The van der Waals surface area contributed by atoms with Crippen molar-refractivity contribution in [2.24, 2.45) is 0 Å². The molecular weight excluding hydrogens is 316 g/mol. The number of nitrogens with one attached hydrogen (secondary N) is 2. The zero-order valence-corrected chi connectivity index (χ0v) is 14.2. The van der Waals surface area contributed by atoms with Gasteiger partial charge >= 0.3 is 0 Å². The average molecular weight is 338 g/mol. The SMILES string of the molecule is COCCNC(=O)Cc1c[nH]c2ccc(OCc3ccccc3)cc12. The van der Waals surface area contributed by atoms with Crippen LogP contribution in [0.4, 0.5) is 0 Å². The van der Waals surface area contributed by atoms with Gasteiger partial charge < -0.3 is 19.8 Å². The Kier molecular flexibility index (Phi) is 5.69. The van der Waals surface area contributed by atoms with Crippen LogP contribution < -0.4 is 10.1 Å². The third-order valence-corrected chi connectivity index (χ3v) is 3.97. The lowest BCUT2D eigenvalue weighted by atomic mass is 10.1. The van der Waals surface area contributed by atoms with Crippen LogP contribution in [0.15, 0.2) is 54.7 Å². The van der Waals surface area contributed by atoms with Crippen LogP contribution in [0.1, 0.15) is 11.1 Å². The molecule has 0 bridgehead atoms. The Hall–Kier alpha value is -2.79. The Morgan fingerprint density at radius 2 is 2.00 bits per heavy atom. The summed E-state index contributed by atoms with van der Waals surface area (Å²) >= 11 is 0. The normalized spacial score (nSPS) is 10.8. The summed E-state index contributed by atoms with van der Waals surface area (Å²) in [6.45, 7) is 1.55. The van der Waals surface area contributed by atoms with Crippen LogP contribution in [0, 0.1) is 0 Å². The van der Waals surface area contributed by atoms with E-state index in [2.05, 4.69) is 10.3 Å². The molecule has 0 aliphatic heterocycles. The molecule has 0 saturated carbocycles. The Bertz CT molecular complexity index is 827. The highest BCUT2D eigenvalue weighted by Gasteiger charge is 2.09. The van der Waals surface area contributed by atoms with E-state index in [-0.39, 0.29) is 5.91 Å². The second-order valence-electron chi connectivity index (χ2n) is 5.82. The largest absolute Gasteiger partial charge is 0.489 e. The lowest BCUT2D eigenvalue weighted by Gasteiger charge is -2.07. The van der Waals surface area contributed by atoms with Crippen LogP contribution in [0.5, 0.6) is 5.75 Å². The van der Waals surface area contributed by atoms with Gasteiger partial charge in [-0.15, -0.1) is 0 Å². The minimum absolute atomic E-state index is 0.0199. The highest BCUT2D eigenvalue weighted by molar-refractivity contribution is 5.89. The molecule has 0 atom stereocenters. The number of methoxy groups -OCH3 is 1. The van der Waals surface area contributed by atoms with Crippen LogP contribution in [0.25, 0.3) is 10.9 Å². The molecule has 1 heterocycles. The number of fused-ring (bicyclic) bond motifs is 1. The molecule has 2 N–H and O–H groups in total.